The lowest BCUT2D eigenvalue weighted by atomic mass is 9.96. The molecule has 0 amide bonds. The summed E-state index contributed by atoms with van der Waals surface area (Å²) in [6.45, 7) is 0.583. The highest BCUT2D eigenvalue weighted by Crippen LogP contribution is 2.48. The maximum Gasteiger partial charge on any atom is 0.127 e. The second-order valence-electron chi connectivity index (χ2n) is 3.86. The van der Waals surface area contributed by atoms with Gasteiger partial charge in [-0.15, -0.1) is 0 Å². The van der Waals surface area contributed by atoms with Gasteiger partial charge in [-0.25, -0.2) is 4.39 Å². The lowest BCUT2D eigenvalue weighted by Crippen LogP contribution is -2.19. The molecule has 14 heavy (non-hydrogen) atoms. The molecule has 2 rings (SSSR count). The Kier molecular flexibility index (Phi) is 2.19. The molecule has 0 bridgehead atoms. The van der Waals surface area contributed by atoms with E-state index in [0.29, 0.717) is 12.3 Å². The fourth-order valence-corrected chi connectivity index (χ4v) is 1.75. The highest BCUT2D eigenvalue weighted by atomic mass is 19.1. The lowest BCUT2D eigenvalue weighted by molar-refractivity contribution is 0.409. The molecule has 1 aromatic rings. The van der Waals surface area contributed by atoms with Gasteiger partial charge < -0.3 is 10.5 Å². The van der Waals surface area contributed by atoms with Gasteiger partial charge >= 0.3 is 0 Å². The molecule has 76 valence electrons. The Bertz CT molecular complexity index is 347. The Morgan fingerprint density at radius 3 is 2.64 bits per heavy atom. The molecular weight excluding hydrogens is 181 g/mol. The third-order valence-corrected chi connectivity index (χ3v) is 2.96. The van der Waals surface area contributed by atoms with Crippen LogP contribution < -0.4 is 10.5 Å². The molecule has 1 saturated carbocycles. The van der Waals surface area contributed by atoms with Crippen LogP contribution in [-0.4, -0.2) is 13.7 Å². The minimum atomic E-state index is -0.251. The van der Waals surface area contributed by atoms with Crippen LogP contribution in [0.2, 0.25) is 0 Å². The van der Waals surface area contributed by atoms with E-state index >= 15 is 0 Å². The van der Waals surface area contributed by atoms with E-state index in [1.165, 1.54) is 6.07 Å². The van der Waals surface area contributed by atoms with Crippen molar-refractivity contribution >= 4 is 0 Å². The van der Waals surface area contributed by atoms with Crippen molar-refractivity contribution in [2.75, 3.05) is 13.7 Å². The Morgan fingerprint density at radius 1 is 1.43 bits per heavy atom. The Balaban J connectivity index is 2.38. The lowest BCUT2D eigenvalue weighted by Gasteiger charge is -2.13. The zero-order valence-electron chi connectivity index (χ0n) is 8.22. The molecule has 2 N–H and O–H groups in total. The molecule has 1 aliphatic rings. The van der Waals surface area contributed by atoms with Crippen molar-refractivity contribution in [3.63, 3.8) is 0 Å². The summed E-state index contributed by atoms with van der Waals surface area (Å²) in [6.07, 6.45) is 2.10. The topological polar surface area (TPSA) is 35.2 Å². The fourth-order valence-electron chi connectivity index (χ4n) is 1.75. The van der Waals surface area contributed by atoms with E-state index in [0.717, 1.165) is 18.4 Å². The summed E-state index contributed by atoms with van der Waals surface area (Å²) in [6, 6.07) is 4.82. The van der Waals surface area contributed by atoms with Crippen molar-refractivity contribution in [3.05, 3.63) is 29.6 Å². The summed E-state index contributed by atoms with van der Waals surface area (Å²) in [5, 5.41) is 0. The fraction of sp³-hybridized carbons (Fsp3) is 0.455. The first kappa shape index (κ1) is 9.46. The Hall–Kier alpha value is -1.09. The van der Waals surface area contributed by atoms with Gasteiger partial charge in [0.25, 0.3) is 0 Å². The number of nitrogens with two attached hydrogens (primary N) is 1. The van der Waals surface area contributed by atoms with Crippen LogP contribution in [-0.2, 0) is 5.41 Å². The molecule has 0 unspecified atom stereocenters. The molecule has 0 atom stereocenters. The van der Waals surface area contributed by atoms with Gasteiger partial charge in [0.2, 0.25) is 0 Å². The van der Waals surface area contributed by atoms with Gasteiger partial charge in [0, 0.05) is 18.0 Å². The summed E-state index contributed by atoms with van der Waals surface area (Å²) in [5.74, 6) is 0.318. The quantitative estimate of drug-likeness (QED) is 0.798. The van der Waals surface area contributed by atoms with Gasteiger partial charge in [-0.3, -0.25) is 0 Å². The smallest absolute Gasteiger partial charge is 0.127 e. The molecule has 1 aliphatic carbocycles. The van der Waals surface area contributed by atoms with Crippen LogP contribution in [0.5, 0.6) is 5.75 Å². The van der Waals surface area contributed by atoms with Crippen molar-refractivity contribution in [1.82, 2.24) is 0 Å². The zero-order valence-corrected chi connectivity index (χ0v) is 8.22. The minimum absolute atomic E-state index is 0.0232. The van der Waals surface area contributed by atoms with Crippen molar-refractivity contribution in [3.8, 4) is 5.75 Å². The Labute approximate surface area is 82.9 Å². The van der Waals surface area contributed by atoms with E-state index < -0.39 is 0 Å². The van der Waals surface area contributed by atoms with Crippen molar-refractivity contribution in [2.45, 2.75) is 18.3 Å². The standard InChI is InChI=1S/C11H14FNO/c1-14-10-5-8(4-9(12)6-10)11(7-13)2-3-11/h4-6H,2-3,7,13H2,1H3. The molecule has 3 heteroatoms. The van der Waals surface area contributed by atoms with Crippen LogP contribution in [0, 0.1) is 5.82 Å². The summed E-state index contributed by atoms with van der Waals surface area (Å²) >= 11 is 0. The van der Waals surface area contributed by atoms with Crippen LogP contribution in [0.1, 0.15) is 18.4 Å². The first-order valence-electron chi connectivity index (χ1n) is 4.75. The largest absolute Gasteiger partial charge is 0.497 e. The number of hydrogen-bond donors (Lipinski definition) is 1. The van der Waals surface area contributed by atoms with Crippen LogP contribution in [0.3, 0.4) is 0 Å². The van der Waals surface area contributed by atoms with Crippen LogP contribution in [0.15, 0.2) is 18.2 Å². The molecular formula is C11H14FNO. The number of methoxy groups -OCH3 is 1. The number of hydrogen-bond acceptors (Lipinski definition) is 2. The summed E-state index contributed by atoms with van der Waals surface area (Å²) in [4.78, 5) is 0. The van der Waals surface area contributed by atoms with Crippen molar-refractivity contribution in [1.29, 1.82) is 0 Å². The highest BCUT2D eigenvalue weighted by Gasteiger charge is 2.43. The molecule has 0 radical (unpaired) electrons. The highest BCUT2D eigenvalue weighted by molar-refractivity contribution is 5.38. The van der Waals surface area contributed by atoms with E-state index in [-0.39, 0.29) is 11.2 Å². The van der Waals surface area contributed by atoms with Gasteiger partial charge in [-0.2, -0.15) is 0 Å². The van der Waals surface area contributed by atoms with Gasteiger partial charge in [0.05, 0.1) is 7.11 Å². The number of halogens is 1. The molecule has 1 fully saturated rings. The zero-order chi connectivity index (χ0) is 10.2. The second-order valence-corrected chi connectivity index (χ2v) is 3.86. The van der Waals surface area contributed by atoms with Crippen LogP contribution in [0.25, 0.3) is 0 Å². The maximum absolute atomic E-state index is 13.2. The molecule has 1 aromatic carbocycles. The van der Waals surface area contributed by atoms with E-state index in [2.05, 4.69) is 0 Å². The summed E-state index contributed by atoms with van der Waals surface area (Å²) in [5.41, 5.74) is 6.67. The van der Waals surface area contributed by atoms with E-state index in [9.17, 15) is 4.39 Å². The first-order chi connectivity index (χ1) is 6.70. The number of rotatable bonds is 3. The van der Waals surface area contributed by atoms with Gasteiger partial charge in [-0.1, -0.05) is 0 Å². The van der Waals surface area contributed by atoms with Crippen molar-refractivity contribution in [2.24, 2.45) is 5.73 Å². The van der Waals surface area contributed by atoms with Gasteiger partial charge in [-0.05, 0) is 30.5 Å². The van der Waals surface area contributed by atoms with Gasteiger partial charge in [0.15, 0.2) is 0 Å². The average Bonchev–Trinajstić information content (AvgIpc) is 2.97. The summed E-state index contributed by atoms with van der Waals surface area (Å²) < 4.78 is 18.2. The molecule has 0 saturated heterocycles. The second kappa shape index (κ2) is 3.24. The van der Waals surface area contributed by atoms with E-state index in [1.54, 1.807) is 13.2 Å². The van der Waals surface area contributed by atoms with Crippen LogP contribution >= 0.6 is 0 Å². The molecule has 0 aromatic heterocycles. The number of ether oxygens (including phenoxy) is 1. The van der Waals surface area contributed by atoms with Crippen molar-refractivity contribution < 1.29 is 9.13 Å². The van der Waals surface area contributed by atoms with Crippen LogP contribution in [0.4, 0.5) is 4.39 Å². The predicted molar refractivity (Wildman–Crippen MR) is 52.9 cm³/mol. The number of benzene rings is 1. The first-order valence-corrected chi connectivity index (χ1v) is 4.75. The normalized spacial score (nSPS) is 17.9. The monoisotopic (exact) mass is 195 g/mol. The summed E-state index contributed by atoms with van der Waals surface area (Å²) in [7, 11) is 1.54. The van der Waals surface area contributed by atoms with E-state index in [1.807, 2.05) is 6.07 Å². The third-order valence-electron chi connectivity index (χ3n) is 2.96. The maximum atomic E-state index is 13.2. The third kappa shape index (κ3) is 1.48. The molecule has 2 nitrogen and oxygen atoms in total. The van der Waals surface area contributed by atoms with Gasteiger partial charge in [0.1, 0.15) is 11.6 Å². The Morgan fingerprint density at radius 2 is 2.14 bits per heavy atom. The molecule has 0 spiro atoms. The van der Waals surface area contributed by atoms with E-state index in [4.69, 9.17) is 10.5 Å². The predicted octanol–water partition coefficient (Wildman–Crippen LogP) is 1.82. The molecule has 0 aliphatic heterocycles. The molecule has 0 heterocycles. The average molecular weight is 195 g/mol. The SMILES string of the molecule is COc1cc(F)cc(C2(CN)CC2)c1. The minimum Gasteiger partial charge on any atom is -0.497 e.